The summed E-state index contributed by atoms with van der Waals surface area (Å²) in [6.07, 6.45) is -0.381. The van der Waals surface area contributed by atoms with Crippen LogP contribution in [0.15, 0.2) is 5.38 Å². The number of aliphatic hydroxyl groups excluding tert-OH is 1. The van der Waals surface area contributed by atoms with Crippen molar-refractivity contribution in [3.05, 3.63) is 16.1 Å². The van der Waals surface area contributed by atoms with Crippen LogP contribution in [-0.2, 0) is 9.47 Å². The van der Waals surface area contributed by atoms with E-state index < -0.39 is 5.97 Å². The van der Waals surface area contributed by atoms with E-state index in [1.165, 1.54) is 0 Å². The van der Waals surface area contributed by atoms with Crippen LogP contribution in [0.2, 0.25) is 0 Å². The minimum atomic E-state index is -0.523. The van der Waals surface area contributed by atoms with Crippen molar-refractivity contribution in [2.24, 2.45) is 0 Å². The van der Waals surface area contributed by atoms with Crippen molar-refractivity contribution in [2.45, 2.75) is 26.0 Å². The Kier molecular flexibility index (Phi) is 5.27. The summed E-state index contributed by atoms with van der Waals surface area (Å²) in [4.78, 5) is 29.7. The van der Waals surface area contributed by atoms with Crippen molar-refractivity contribution >= 4 is 23.2 Å². The number of esters is 1. The van der Waals surface area contributed by atoms with E-state index in [-0.39, 0.29) is 42.0 Å². The molecule has 1 N–H and O–H groups in total. The van der Waals surface area contributed by atoms with E-state index in [9.17, 15) is 9.59 Å². The fourth-order valence-electron chi connectivity index (χ4n) is 2.02. The first-order chi connectivity index (χ1) is 10.1. The molecule has 1 saturated heterocycles. The molecule has 8 heteroatoms. The second kappa shape index (κ2) is 6.97. The van der Waals surface area contributed by atoms with Gasteiger partial charge >= 0.3 is 5.97 Å². The van der Waals surface area contributed by atoms with E-state index in [2.05, 4.69) is 4.98 Å². The summed E-state index contributed by atoms with van der Waals surface area (Å²) in [6, 6.07) is -0.104. The van der Waals surface area contributed by atoms with Gasteiger partial charge in [0.15, 0.2) is 0 Å². The molecule has 21 heavy (non-hydrogen) atoms. The van der Waals surface area contributed by atoms with Crippen molar-refractivity contribution in [1.29, 1.82) is 0 Å². The molecule has 0 aliphatic carbocycles. The van der Waals surface area contributed by atoms with Gasteiger partial charge in [-0.25, -0.2) is 9.78 Å². The molecule has 2 unspecified atom stereocenters. The number of amides is 1. The molecule has 2 heterocycles. The fraction of sp³-hybridized carbons (Fsp3) is 0.615. The third-order valence-electron chi connectivity index (χ3n) is 3.14. The highest BCUT2D eigenvalue weighted by Crippen LogP contribution is 2.18. The van der Waals surface area contributed by atoms with Crippen LogP contribution < -0.4 is 0 Å². The third-order valence-corrected chi connectivity index (χ3v) is 3.97. The highest BCUT2D eigenvalue weighted by molar-refractivity contribution is 7.11. The van der Waals surface area contributed by atoms with Crippen LogP contribution in [0, 0.1) is 0 Å². The van der Waals surface area contributed by atoms with Gasteiger partial charge in [-0.05, 0) is 13.8 Å². The predicted octanol–water partition coefficient (Wildman–Crippen LogP) is 0.542. The highest BCUT2D eigenvalue weighted by atomic mass is 32.1. The smallest absolute Gasteiger partial charge is 0.367 e. The van der Waals surface area contributed by atoms with Crippen LogP contribution in [-0.4, -0.2) is 65.4 Å². The maximum absolute atomic E-state index is 12.4. The number of aliphatic hydroxyl groups is 1. The van der Waals surface area contributed by atoms with Crippen LogP contribution in [0.1, 0.15) is 34.1 Å². The maximum atomic E-state index is 12.4. The zero-order chi connectivity index (χ0) is 15.4. The summed E-state index contributed by atoms with van der Waals surface area (Å²) in [5, 5.41) is 10.9. The largest absolute Gasteiger partial charge is 0.461 e. The second-order valence-electron chi connectivity index (χ2n) is 4.70. The van der Waals surface area contributed by atoms with Gasteiger partial charge in [-0.3, -0.25) is 4.79 Å². The number of rotatable bonds is 4. The van der Waals surface area contributed by atoms with Crippen LogP contribution in [0.25, 0.3) is 0 Å². The van der Waals surface area contributed by atoms with Crippen molar-refractivity contribution < 1.29 is 24.2 Å². The predicted molar refractivity (Wildman–Crippen MR) is 75.4 cm³/mol. The Morgan fingerprint density at radius 3 is 3.05 bits per heavy atom. The first-order valence-corrected chi connectivity index (χ1v) is 7.60. The number of carbonyl (C=O) groups excluding carboxylic acids is 2. The summed E-state index contributed by atoms with van der Waals surface area (Å²) >= 11 is 1.08. The van der Waals surface area contributed by atoms with Gasteiger partial charge in [-0.15, -0.1) is 11.3 Å². The SMILES string of the molecule is CCOC(=O)c1nc(C(=O)N2CC(CO)OCC2C)cs1. The topological polar surface area (TPSA) is 89.0 Å². The number of thiazole rings is 1. The van der Waals surface area contributed by atoms with E-state index >= 15 is 0 Å². The summed E-state index contributed by atoms with van der Waals surface area (Å²) in [6.45, 7) is 4.38. The number of nitrogens with zero attached hydrogens (tertiary/aromatic N) is 2. The molecule has 0 saturated carbocycles. The van der Waals surface area contributed by atoms with E-state index in [0.29, 0.717) is 13.2 Å². The zero-order valence-corrected chi connectivity index (χ0v) is 12.8. The standard InChI is InChI=1S/C13H18N2O5S/c1-3-19-13(18)11-14-10(7-21-11)12(17)15-4-9(5-16)20-6-8(15)2/h7-9,16H,3-6H2,1-2H3. The van der Waals surface area contributed by atoms with Crippen LogP contribution >= 0.6 is 11.3 Å². The number of morpholine rings is 1. The Morgan fingerprint density at radius 1 is 1.62 bits per heavy atom. The minimum absolute atomic E-state index is 0.104. The molecular weight excluding hydrogens is 296 g/mol. The van der Waals surface area contributed by atoms with E-state index in [1.807, 2.05) is 6.92 Å². The number of hydrogen-bond acceptors (Lipinski definition) is 7. The lowest BCUT2D eigenvalue weighted by Gasteiger charge is -2.37. The molecular formula is C13H18N2O5S. The average Bonchev–Trinajstić information content (AvgIpc) is 2.97. The molecule has 1 fully saturated rings. The molecule has 1 aromatic rings. The van der Waals surface area contributed by atoms with Crippen LogP contribution in [0.3, 0.4) is 0 Å². The summed E-state index contributed by atoms with van der Waals surface area (Å²) in [5.41, 5.74) is 0.216. The highest BCUT2D eigenvalue weighted by Gasteiger charge is 2.31. The fourth-order valence-corrected chi connectivity index (χ4v) is 2.70. The number of aromatic nitrogens is 1. The van der Waals surface area contributed by atoms with Crippen molar-refractivity contribution in [3.63, 3.8) is 0 Å². The summed E-state index contributed by atoms with van der Waals surface area (Å²) in [5.74, 6) is -0.791. The Labute approximate surface area is 126 Å². The van der Waals surface area contributed by atoms with E-state index in [0.717, 1.165) is 11.3 Å². The van der Waals surface area contributed by atoms with Crippen LogP contribution in [0.4, 0.5) is 0 Å². The van der Waals surface area contributed by atoms with Crippen molar-refractivity contribution in [3.8, 4) is 0 Å². The molecule has 0 bridgehead atoms. The lowest BCUT2D eigenvalue weighted by atomic mass is 10.2. The maximum Gasteiger partial charge on any atom is 0.367 e. The molecule has 2 atom stereocenters. The molecule has 0 radical (unpaired) electrons. The number of ether oxygens (including phenoxy) is 2. The monoisotopic (exact) mass is 314 g/mol. The molecule has 0 spiro atoms. The minimum Gasteiger partial charge on any atom is -0.461 e. The van der Waals surface area contributed by atoms with Gasteiger partial charge < -0.3 is 19.5 Å². The first-order valence-electron chi connectivity index (χ1n) is 6.72. The lowest BCUT2D eigenvalue weighted by molar-refractivity contribution is -0.0668. The lowest BCUT2D eigenvalue weighted by Crippen LogP contribution is -2.52. The van der Waals surface area contributed by atoms with Crippen molar-refractivity contribution in [1.82, 2.24) is 9.88 Å². The quantitative estimate of drug-likeness (QED) is 0.816. The normalized spacial score (nSPS) is 22.1. The van der Waals surface area contributed by atoms with E-state index in [4.69, 9.17) is 14.6 Å². The van der Waals surface area contributed by atoms with E-state index in [1.54, 1.807) is 17.2 Å². The summed E-state index contributed by atoms with van der Waals surface area (Å²) < 4.78 is 10.2. The molecule has 0 aromatic carbocycles. The Bertz CT molecular complexity index is 518. The molecule has 1 amide bonds. The molecule has 116 valence electrons. The Hall–Kier alpha value is -1.51. The molecule has 7 nitrogen and oxygen atoms in total. The van der Waals surface area contributed by atoms with Gasteiger partial charge in [0.05, 0.1) is 32.0 Å². The molecule has 1 aromatic heterocycles. The van der Waals surface area contributed by atoms with Crippen LogP contribution in [0.5, 0.6) is 0 Å². The first kappa shape index (κ1) is 15.9. The number of carbonyl (C=O) groups is 2. The number of hydrogen-bond donors (Lipinski definition) is 1. The van der Waals surface area contributed by atoms with Gasteiger partial charge in [-0.1, -0.05) is 0 Å². The van der Waals surface area contributed by atoms with Gasteiger partial charge in [-0.2, -0.15) is 0 Å². The Balaban J connectivity index is 2.10. The van der Waals surface area contributed by atoms with Crippen molar-refractivity contribution in [2.75, 3.05) is 26.4 Å². The van der Waals surface area contributed by atoms with Gasteiger partial charge in [0, 0.05) is 11.9 Å². The summed E-state index contributed by atoms with van der Waals surface area (Å²) in [7, 11) is 0. The average molecular weight is 314 g/mol. The Morgan fingerprint density at radius 2 is 2.38 bits per heavy atom. The van der Waals surface area contributed by atoms with Gasteiger partial charge in [0.1, 0.15) is 5.69 Å². The third kappa shape index (κ3) is 3.58. The molecule has 1 aliphatic heterocycles. The second-order valence-corrected chi connectivity index (χ2v) is 5.56. The van der Waals surface area contributed by atoms with Gasteiger partial charge in [0.25, 0.3) is 5.91 Å². The molecule has 2 rings (SSSR count). The van der Waals surface area contributed by atoms with Gasteiger partial charge in [0.2, 0.25) is 5.01 Å². The zero-order valence-electron chi connectivity index (χ0n) is 11.9. The molecule has 1 aliphatic rings.